The highest BCUT2D eigenvalue weighted by Gasteiger charge is 2.39. The fraction of sp³-hybridized carbons (Fsp3) is 1.00. The molecule has 0 aromatic heterocycles. The first-order valence-corrected chi connectivity index (χ1v) is 8.39. The summed E-state index contributed by atoms with van der Waals surface area (Å²) in [6, 6.07) is 0. The summed E-state index contributed by atoms with van der Waals surface area (Å²) in [6.45, 7) is 12.8. The zero-order valence-electron chi connectivity index (χ0n) is 10.1. The van der Waals surface area contributed by atoms with Gasteiger partial charge in [-0.3, -0.25) is 0 Å². The van der Waals surface area contributed by atoms with Crippen molar-refractivity contribution in [2.75, 3.05) is 6.61 Å². The lowest BCUT2D eigenvalue weighted by atomic mass is 10.2. The van der Waals surface area contributed by atoms with Crippen LogP contribution in [0.25, 0.3) is 0 Å². The van der Waals surface area contributed by atoms with Gasteiger partial charge in [-0.1, -0.05) is 20.8 Å². The van der Waals surface area contributed by atoms with Crippen LogP contribution in [0.2, 0.25) is 18.1 Å². The summed E-state index contributed by atoms with van der Waals surface area (Å²) in [4.78, 5) is 0. The van der Waals surface area contributed by atoms with Crippen LogP contribution in [0.4, 0.5) is 0 Å². The van der Waals surface area contributed by atoms with Gasteiger partial charge in [-0.25, -0.2) is 0 Å². The number of aliphatic hydroxyl groups is 1. The Hall–Kier alpha value is 0.427. The van der Waals surface area contributed by atoms with E-state index in [1.807, 2.05) is 6.92 Å². The Morgan fingerprint density at radius 3 is 2.07 bits per heavy atom. The van der Waals surface area contributed by atoms with Gasteiger partial charge in [-0.05, 0) is 25.1 Å². The number of alkyl halides is 1. The van der Waals surface area contributed by atoms with Crippen LogP contribution in [0.5, 0.6) is 0 Å². The molecule has 0 aromatic carbocycles. The van der Waals surface area contributed by atoms with Gasteiger partial charge in [0.25, 0.3) is 0 Å². The summed E-state index contributed by atoms with van der Waals surface area (Å²) in [5.41, 5.74) is 0. The molecule has 0 unspecified atom stereocenters. The van der Waals surface area contributed by atoms with E-state index in [0.29, 0.717) is 0 Å². The normalized spacial score (nSPS) is 18.0. The van der Waals surface area contributed by atoms with Crippen LogP contribution < -0.4 is 0 Å². The van der Waals surface area contributed by atoms with E-state index >= 15 is 0 Å². The summed E-state index contributed by atoms with van der Waals surface area (Å²) in [5, 5.41) is 8.79. The van der Waals surface area contributed by atoms with Gasteiger partial charge >= 0.3 is 0 Å². The van der Waals surface area contributed by atoms with Crippen molar-refractivity contribution in [2.24, 2.45) is 0 Å². The second-order valence-corrected chi connectivity index (χ2v) is 10.6. The Morgan fingerprint density at radius 2 is 1.79 bits per heavy atom. The molecule has 0 radical (unpaired) electrons. The van der Waals surface area contributed by atoms with Crippen LogP contribution in [0, 0.1) is 0 Å². The maximum atomic E-state index is 8.91. The molecule has 0 heterocycles. The van der Waals surface area contributed by atoms with Crippen molar-refractivity contribution in [2.45, 2.75) is 57.3 Å². The molecule has 0 saturated carbocycles. The fourth-order valence-electron chi connectivity index (χ4n) is 0.864. The monoisotopic (exact) mass is 238 g/mol. The van der Waals surface area contributed by atoms with E-state index in [2.05, 4.69) is 33.9 Å². The molecule has 0 fully saturated rings. The minimum absolute atomic E-state index is 0.0304. The zero-order chi connectivity index (χ0) is 11.6. The Balaban J connectivity index is 4.36. The molecule has 0 aliphatic carbocycles. The molecule has 0 spiro atoms. The van der Waals surface area contributed by atoms with Crippen LogP contribution in [-0.4, -0.2) is 31.5 Å². The third-order valence-electron chi connectivity index (χ3n) is 2.97. The molecular formula is C10H23ClO2Si. The van der Waals surface area contributed by atoms with Crippen molar-refractivity contribution in [3.63, 3.8) is 0 Å². The number of hydrogen-bond donors (Lipinski definition) is 1. The second kappa shape index (κ2) is 4.97. The highest BCUT2D eigenvalue weighted by molar-refractivity contribution is 6.74. The SMILES string of the molecule is C[C@@H](O[Si](C)(C)C(C)(C)C)[C@@H](Cl)CO. The first kappa shape index (κ1) is 14.4. The highest BCUT2D eigenvalue weighted by Crippen LogP contribution is 2.37. The molecule has 86 valence electrons. The predicted molar refractivity (Wildman–Crippen MR) is 64.5 cm³/mol. The lowest BCUT2D eigenvalue weighted by Gasteiger charge is -2.39. The lowest BCUT2D eigenvalue weighted by Crippen LogP contribution is -2.45. The van der Waals surface area contributed by atoms with Crippen molar-refractivity contribution in [3.05, 3.63) is 0 Å². The van der Waals surface area contributed by atoms with E-state index in [1.54, 1.807) is 0 Å². The summed E-state index contributed by atoms with van der Waals surface area (Å²) in [5.74, 6) is 0. The summed E-state index contributed by atoms with van der Waals surface area (Å²) >= 11 is 5.92. The maximum Gasteiger partial charge on any atom is 0.192 e. The van der Waals surface area contributed by atoms with Crippen LogP contribution >= 0.6 is 11.6 Å². The standard InChI is InChI=1S/C10H23ClO2Si/c1-8(9(11)7-12)13-14(5,6)10(2,3)4/h8-9,12H,7H2,1-6H3/t8-,9+/m1/s1. The molecule has 14 heavy (non-hydrogen) atoms. The van der Waals surface area contributed by atoms with Crippen molar-refractivity contribution in [3.8, 4) is 0 Å². The number of halogens is 1. The van der Waals surface area contributed by atoms with Crippen molar-refractivity contribution >= 4 is 19.9 Å². The van der Waals surface area contributed by atoms with Crippen molar-refractivity contribution in [1.29, 1.82) is 0 Å². The number of rotatable bonds is 4. The average Bonchev–Trinajstić information content (AvgIpc) is 2.00. The minimum Gasteiger partial charge on any atom is -0.413 e. The smallest absolute Gasteiger partial charge is 0.192 e. The summed E-state index contributed by atoms with van der Waals surface area (Å²) < 4.78 is 6.00. The molecule has 1 N–H and O–H groups in total. The van der Waals surface area contributed by atoms with Crippen LogP contribution in [0.1, 0.15) is 27.7 Å². The Kier molecular flexibility index (Phi) is 5.12. The average molecular weight is 239 g/mol. The van der Waals surface area contributed by atoms with Crippen molar-refractivity contribution < 1.29 is 9.53 Å². The molecule has 0 aliphatic rings. The van der Waals surface area contributed by atoms with E-state index < -0.39 is 8.32 Å². The third-order valence-corrected chi connectivity index (χ3v) is 8.04. The van der Waals surface area contributed by atoms with E-state index in [-0.39, 0.29) is 23.1 Å². The predicted octanol–water partition coefficient (Wildman–Crippen LogP) is 3.00. The largest absolute Gasteiger partial charge is 0.413 e. The molecule has 0 aromatic rings. The second-order valence-electron chi connectivity index (χ2n) is 5.28. The first-order valence-electron chi connectivity index (χ1n) is 5.04. The van der Waals surface area contributed by atoms with Gasteiger partial charge in [-0.15, -0.1) is 11.6 Å². The van der Waals surface area contributed by atoms with Gasteiger partial charge in [-0.2, -0.15) is 0 Å². The zero-order valence-corrected chi connectivity index (χ0v) is 11.9. The number of hydrogen-bond acceptors (Lipinski definition) is 2. The number of aliphatic hydroxyl groups excluding tert-OH is 1. The highest BCUT2D eigenvalue weighted by atomic mass is 35.5. The van der Waals surface area contributed by atoms with E-state index in [1.165, 1.54) is 0 Å². The molecule has 2 atom stereocenters. The summed E-state index contributed by atoms with van der Waals surface area (Å²) in [6.07, 6.45) is -0.0810. The van der Waals surface area contributed by atoms with E-state index in [0.717, 1.165) is 0 Å². The maximum absolute atomic E-state index is 8.91. The van der Waals surface area contributed by atoms with E-state index in [9.17, 15) is 0 Å². The molecule has 0 amide bonds. The van der Waals surface area contributed by atoms with Gasteiger partial charge < -0.3 is 9.53 Å². The molecule has 0 rings (SSSR count). The topological polar surface area (TPSA) is 29.5 Å². The lowest BCUT2D eigenvalue weighted by molar-refractivity contribution is 0.158. The molecule has 0 bridgehead atoms. The van der Waals surface area contributed by atoms with Gasteiger partial charge in [0.15, 0.2) is 8.32 Å². The van der Waals surface area contributed by atoms with E-state index in [4.69, 9.17) is 21.1 Å². The fourth-order valence-corrected chi connectivity index (χ4v) is 2.45. The molecule has 4 heteroatoms. The summed E-state index contributed by atoms with van der Waals surface area (Å²) in [7, 11) is -1.74. The van der Waals surface area contributed by atoms with Crippen LogP contribution in [-0.2, 0) is 4.43 Å². The Bertz CT molecular complexity index is 177. The first-order chi connectivity index (χ1) is 6.12. The molecular weight excluding hydrogens is 216 g/mol. The third kappa shape index (κ3) is 3.89. The van der Waals surface area contributed by atoms with Crippen LogP contribution in [0.3, 0.4) is 0 Å². The molecule has 0 aliphatic heterocycles. The Labute approximate surface area is 93.7 Å². The van der Waals surface area contributed by atoms with Gasteiger partial charge in [0.1, 0.15) is 0 Å². The minimum atomic E-state index is -1.74. The van der Waals surface area contributed by atoms with Crippen molar-refractivity contribution in [1.82, 2.24) is 0 Å². The van der Waals surface area contributed by atoms with Gasteiger partial charge in [0, 0.05) is 0 Å². The molecule has 2 nitrogen and oxygen atoms in total. The molecule has 0 saturated heterocycles. The van der Waals surface area contributed by atoms with Gasteiger partial charge in [0.2, 0.25) is 0 Å². The van der Waals surface area contributed by atoms with Crippen LogP contribution in [0.15, 0.2) is 0 Å². The Morgan fingerprint density at radius 1 is 1.36 bits per heavy atom. The quantitative estimate of drug-likeness (QED) is 0.603. The van der Waals surface area contributed by atoms with Gasteiger partial charge in [0.05, 0.1) is 18.1 Å².